The fourth-order valence-corrected chi connectivity index (χ4v) is 2.70. The summed E-state index contributed by atoms with van der Waals surface area (Å²) >= 11 is 0. The van der Waals surface area contributed by atoms with Gasteiger partial charge in [0.15, 0.2) is 0 Å². The number of aromatic carboxylic acids is 1. The van der Waals surface area contributed by atoms with E-state index in [1.54, 1.807) is 12.1 Å². The molecule has 104 valence electrons. The normalized spacial score (nSPS) is 27.0. The summed E-state index contributed by atoms with van der Waals surface area (Å²) < 4.78 is 5.94. The van der Waals surface area contributed by atoms with Crippen molar-refractivity contribution in [2.45, 2.75) is 46.1 Å². The van der Waals surface area contributed by atoms with Crippen LogP contribution in [0, 0.1) is 18.8 Å². The molecule has 1 fully saturated rings. The summed E-state index contributed by atoms with van der Waals surface area (Å²) in [4.78, 5) is 11.3. The summed E-state index contributed by atoms with van der Waals surface area (Å²) in [7, 11) is 0. The van der Waals surface area contributed by atoms with Gasteiger partial charge >= 0.3 is 5.97 Å². The number of carboxylic acid groups (broad SMARTS) is 1. The second-order valence-corrected chi connectivity index (χ2v) is 5.81. The predicted molar refractivity (Wildman–Crippen MR) is 74.7 cm³/mol. The largest absolute Gasteiger partial charge is 0.490 e. The number of aryl methyl sites for hydroxylation is 1. The summed E-state index contributed by atoms with van der Waals surface area (Å²) in [5.41, 5.74) is 1.21. The van der Waals surface area contributed by atoms with Crippen molar-refractivity contribution < 1.29 is 14.6 Å². The molecule has 1 saturated carbocycles. The maximum Gasteiger partial charge on any atom is 0.339 e. The van der Waals surface area contributed by atoms with E-state index in [4.69, 9.17) is 4.74 Å². The Morgan fingerprint density at radius 1 is 1.26 bits per heavy atom. The molecule has 1 aromatic rings. The van der Waals surface area contributed by atoms with Crippen molar-refractivity contribution in [3.8, 4) is 5.75 Å². The lowest BCUT2D eigenvalue weighted by Crippen LogP contribution is -2.29. The molecule has 1 N–H and O–H groups in total. The van der Waals surface area contributed by atoms with E-state index in [1.807, 2.05) is 13.0 Å². The van der Waals surface area contributed by atoms with Crippen molar-refractivity contribution in [2.75, 3.05) is 0 Å². The number of rotatable bonds is 3. The number of carboxylic acids is 1. The first-order valence-corrected chi connectivity index (χ1v) is 6.98. The van der Waals surface area contributed by atoms with Crippen LogP contribution in [0.1, 0.15) is 49.0 Å². The average molecular weight is 262 g/mol. The first-order chi connectivity index (χ1) is 8.97. The summed E-state index contributed by atoms with van der Waals surface area (Å²) in [6.45, 7) is 6.41. The van der Waals surface area contributed by atoms with Crippen molar-refractivity contribution in [1.29, 1.82) is 0 Å². The summed E-state index contributed by atoms with van der Waals surface area (Å²) in [5.74, 6) is 0.954. The molecular weight excluding hydrogens is 240 g/mol. The Morgan fingerprint density at radius 2 is 2.00 bits per heavy atom. The number of hydrogen-bond donors (Lipinski definition) is 1. The van der Waals surface area contributed by atoms with Crippen LogP contribution in [0.25, 0.3) is 0 Å². The van der Waals surface area contributed by atoms with E-state index in [9.17, 15) is 9.90 Å². The molecule has 3 heteroatoms. The van der Waals surface area contributed by atoms with Gasteiger partial charge in [0.2, 0.25) is 0 Å². The van der Waals surface area contributed by atoms with E-state index in [1.165, 1.54) is 0 Å². The molecule has 0 amide bonds. The van der Waals surface area contributed by atoms with Gasteiger partial charge in [0.25, 0.3) is 0 Å². The summed E-state index contributed by atoms with van der Waals surface area (Å²) in [5, 5.41) is 9.23. The Labute approximate surface area is 114 Å². The van der Waals surface area contributed by atoms with E-state index < -0.39 is 5.97 Å². The van der Waals surface area contributed by atoms with Gasteiger partial charge in [0, 0.05) is 0 Å². The van der Waals surface area contributed by atoms with E-state index in [0.29, 0.717) is 11.7 Å². The summed E-state index contributed by atoms with van der Waals surface area (Å²) in [6, 6.07) is 5.35. The van der Waals surface area contributed by atoms with Crippen LogP contribution < -0.4 is 4.74 Å². The Hall–Kier alpha value is -1.51. The molecule has 0 spiro atoms. The van der Waals surface area contributed by atoms with Crippen LogP contribution in [-0.2, 0) is 0 Å². The van der Waals surface area contributed by atoms with Gasteiger partial charge in [-0.25, -0.2) is 4.79 Å². The molecular formula is C16H22O3. The van der Waals surface area contributed by atoms with Gasteiger partial charge in [-0.1, -0.05) is 25.5 Å². The highest BCUT2D eigenvalue weighted by atomic mass is 16.5. The molecule has 0 bridgehead atoms. The zero-order valence-electron chi connectivity index (χ0n) is 11.8. The van der Waals surface area contributed by atoms with Crippen LogP contribution in [0.5, 0.6) is 5.75 Å². The monoisotopic (exact) mass is 262 g/mol. The topological polar surface area (TPSA) is 46.5 Å². The fraction of sp³-hybridized carbons (Fsp3) is 0.562. The van der Waals surface area contributed by atoms with Crippen molar-refractivity contribution in [3.63, 3.8) is 0 Å². The molecule has 0 aliphatic heterocycles. The van der Waals surface area contributed by atoms with Gasteiger partial charge < -0.3 is 9.84 Å². The Bertz CT molecular complexity index is 467. The molecule has 19 heavy (non-hydrogen) atoms. The minimum absolute atomic E-state index is 0.145. The van der Waals surface area contributed by atoms with Crippen LogP contribution in [-0.4, -0.2) is 17.2 Å². The van der Waals surface area contributed by atoms with Gasteiger partial charge in [-0.2, -0.15) is 0 Å². The Morgan fingerprint density at radius 3 is 2.63 bits per heavy atom. The standard InChI is InChI=1S/C16H22O3/c1-10-4-7-15(14(8-10)16(17)18)19-13-6-5-11(2)12(3)9-13/h4,7-8,11-13H,5-6,9H2,1-3H3,(H,17,18). The van der Waals surface area contributed by atoms with Gasteiger partial charge in [-0.15, -0.1) is 0 Å². The highest BCUT2D eigenvalue weighted by molar-refractivity contribution is 5.91. The first kappa shape index (κ1) is 13.9. The third kappa shape index (κ3) is 3.28. The van der Waals surface area contributed by atoms with E-state index in [-0.39, 0.29) is 11.7 Å². The molecule has 1 aromatic carbocycles. The van der Waals surface area contributed by atoms with Gasteiger partial charge in [0.1, 0.15) is 11.3 Å². The Kier molecular flexibility index (Phi) is 4.13. The quantitative estimate of drug-likeness (QED) is 0.898. The fourth-order valence-electron chi connectivity index (χ4n) is 2.70. The van der Waals surface area contributed by atoms with Gasteiger partial charge in [0.05, 0.1) is 6.10 Å². The van der Waals surface area contributed by atoms with Crippen molar-refractivity contribution in [1.82, 2.24) is 0 Å². The molecule has 0 radical (unpaired) electrons. The zero-order chi connectivity index (χ0) is 14.0. The van der Waals surface area contributed by atoms with Gasteiger partial charge in [-0.3, -0.25) is 0 Å². The molecule has 0 aromatic heterocycles. The second-order valence-electron chi connectivity index (χ2n) is 5.81. The van der Waals surface area contributed by atoms with Crippen molar-refractivity contribution in [2.24, 2.45) is 11.8 Å². The third-order valence-electron chi connectivity index (χ3n) is 4.21. The minimum Gasteiger partial charge on any atom is -0.490 e. The van der Waals surface area contributed by atoms with Gasteiger partial charge in [-0.05, 0) is 50.2 Å². The average Bonchev–Trinajstić information content (AvgIpc) is 2.36. The van der Waals surface area contributed by atoms with Crippen molar-refractivity contribution >= 4 is 5.97 Å². The lowest BCUT2D eigenvalue weighted by molar-refractivity contribution is 0.0675. The van der Waals surface area contributed by atoms with Crippen molar-refractivity contribution in [3.05, 3.63) is 29.3 Å². The number of ether oxygens (including phenoxy) is 1. The highest BCUT2D eigenvalue weighted by Crippen LogP contribution is 2.32. The number of carbonyl (C=O) groups is 1. The molecule has 3 atom stereocenters. The van der Waals surface area contributed by atoms with Crippen LogP contribution >= 0.6 is 0 Å². The van der Waals surface area contributed by atoms with Crippen LogP contribution in [0.3, 0.4) is 0 Å². The lowest BCUT2D eigenvalue weighted by Gasteiger charge is -2.32. The molecule has 3 unspecified atom stereocenters. The van der Waals surface area contributed by atoms with Crippen LogP contribution in [0.15, 0.2) is 18.2 Å². The minimum atomic E-state index is -0.920. The van der Waals surface area contributed by atoms with Crippen LogP contribution in [0.2, 0.25) is 0 Å². The molecule has 1 aliphatic carbocycles. The van der Waals surface area contributed by atoms with E-state index in [2.05, 4.69) is 13.8 Å². The Balaban J connectivity index is 2.13. The molecule has 1 aliphatic rings. The SMILES string of the molecule is Cc1ccc(OC2CCC(C)C(C)C2)c(C(=O)O)c1. The number of hydrogen-bond acceptors (Lipinski definition) is 2. The molecule has 0 heterocycles. The summed E-state index contributed by atoms with van der Waals surface area (Å²) in [6.07, 6.45) is 3.32. The second kappa shape index (κ2) is 5.64. The van der Waals surface area contributed by atoms with E-state index >= 15 is 0 Å². The van der Waals surface area contributed by atoms with E-state index in [0.717, 1.165) is 30.7 Å². The predicted octanol–water partition coefficient (Wildman–Crippen LogP) is 3.90. The third-order valence-corrected chi connectivity index (χ3v) is 4.21. The maximum absolute atomic E-state index is 11.3. The number of benzene rings is 1. The zero-order valence-corrected chi connectivity index (χ0v) is 11.8. The smallest absolute Gasteiger partial charge is 0.339 e. The lowest BCUT2D eigenvalue weighted by atomic mass is 9.80. The highest BCUT2D eigenvalue weighted by Gasteiger charge is 2.26. The molecule has 2 rings (SSSR count). The maximum atomic E-state index is 11.3. The molecule has 0 saturated heterocycles. The van der Waals surface area contributed by atoms with Crippen LogP contribution in [0.4, 0.5) is 0 Å². The first-order valence-electron chi connectivity index (χ1n) is 6.98. The molecule has 3 nitrogen and oxygen atoms in total.